The Morgan fingerprint density at radius 2 is 0.625 bits per heavy atom. The third kappa shape index (κ3) is 35.0. The Kier molecular flexibility index (Phi) is 49.3. The highest BCUT2D eigenvalue weighted by atomic mass is 16.5. The second kappa shape index (κ2) is 57.3. The van der Waals surface area contributed by atoms with Crippen LogP contribution in [0.4, 0.5) is 34.1 Å². The molecule has 0 aliphatic rings. The second-order valence-electron chi connectivity index (χ2n) is 29.7. The number of benzene rings is 2. The number of ether oxygens (including phenoxy) is 2. The zero-order valence-electron chi connectivity index (χ0n) is 65.9. The van der Waals surface area contributed by atoms with Gasteiger partial charge in [0.05, 0.1) is 37.5 Å². The Balaban J connectivity index is 1.26. The first-order chi connectivity index (χ1) is 50.9. The molecule has 0 saturated carbocycles. The normalized spacial score (nSPS) is 12.2. The van der Waals surface area contributed by atoms with Crippen LogP contribution in [-0.2, 0) is 22.6 Å². The summed E-state index contributed by atoms with van der Waals surface area (Å²) in [6.07, 6.45) is 59.5. The number of carbonyl (C=O) groups is 2. The van der Waals surface area contributed by atoms with Gasteiger partial charge in [-0.2, -0.15) is 0 Å². The van der Waals surface area contributed by atoms with Gasteiger partial charge in [0, 0.05) is 13.1 Å². The molecule has 16 nitrogen and oxygen atoms in total. The molecule has 578 valence electrons. The molecule has 16 heteroatoms. The minimum absolute atomic E-state index is 0.0234. The van der Waals surface area contributed by atoms with E-state index in [1.807, 2.05) is 0 Å². The first-order valence-electron chi connectivity index (χ1n) is 41.9. The van der Waals surface area contributed by atoms with E-state index in [1.165, 1.54) is 227 Å². The molecule has 2 aromatic carbocycles. The fraction of sp³-hybridized carbons (Fsp3) is 0.705. The zero-order valence-corrected chi connectivity index (χ0v) is 65.9. The molecule has 0 amide bonds. The predicted molar refractivity (Wildman–Crippen MR) is 429 cm³/mol. The summed E-state index contributed by atoms with van der Waals surface area (Å²) < 4.78 is 14.1. The molecule has 0 bridgehead atoms. The standard InChI is InChI=1S/C88H138N8O8/c1-9-13-17-21-25-27-29-35-43-55-67-95-83(97)79(89-7)71(5)81(85(95)99)93-91-77-65-53-51-63-75(77)87(101)103-69-57-45-37-33-41-49-61-73(59-47-39-31-23-19-15-11-3)74(60-48-40-32-24-20-16-12-4)62-50-42-34-38-46-58-70-104-88(102)76-64-52-54-66-78(76)92-94-82-72(6)80(90-8)84(98)96(86(82)100)68-56-44-36-30-28-26-22-18-14-10-2/h51-54,63-66,73-74,97-98H,9-50,55-62,67-70H2,1-6H3. The number of rotatable bonds is 63. The molecule has 2 unspecified atom stereocenters. The van der Waals surface area contributed by atoms with Crippen LogP contribution in [0, 0.1) is 38.8 Å². The molecule has 2 aromatic heterocycles. The maximum atomic E-state index is 13.8. The highest BCUT2D eigenvalue weighted by Crippen LogP contribution is 2.38. The Labute approximate surface area is 628 Å². The van der Waals surface area contributed by atoms with Gasteiger partial charge in [-0.1, -0.05) is 347 Å². The zero-order chi connectivity index (χ0) is 75.0. The number of esters is 2. The largest absolute Gasteiger partial charge is 0.503 e. The first kappa shape index (κ1) is 89.5. The number of carbonyl (C=O) groups excluding carboxylic acids is 2. The Morgan fingerprint density at radius 1 is 0.375 bits per heavy atom. The van der Waals surface area contributed by atoms with Gasteiger partial charge >= 0.3 is 11.9 Å². The predicted octanol–water partition coefficient (Wildman–Crippen LogP) is 27.8. The molecule has 2 heterocycles. The van der Waals surface area contributed by atoms with Crippen molar-refractivity contribution in [3.8, 4) is 11.8 Å². The number of unbranched alkanes of at least 4 members (excludes halogenated alkanes) is 40. The average molecular weight is 1440 g/mol. The van der Waals surface area contributed by atoms with Crippen LogP contribution in [0.25, 0.3) is 9.69 Å². The van der Waals surface area contributed by atoms with E-state index in [0.717, 1.165) is 102 Å². The minimum atomic E-state index is -0.512. The summed E-state index contributed by atoms with van der Waals surface area (Å²) in [6.45, 7) is 28.9. The minimum Gasteiger partial charge on any atom is -0.503 e. The summed E-state index contributed by atoms with van der Waals surface area (Å²) in [5.41, 5.74) is 0.422. The summed E-state index contributed by atoms with van der Waals surface area (Å²) in [7, 11) is 0. The number of hydrogen-bond acceptors (Lipinski definition) is 12. The molecule has 0 radical (unpaired) electrons. The third-order valence-corrected chi connectivity index (χ3v) is 21.1. The topological polar surface area (TPSA) is 195 Å². The number of aromatic nitrogens is 2. The molecule has 0 aliphatic heterocycles. The summed E-state index contributed by atoms with van der Waals surface area (Å²) in [5, 5.41) is 39.4. The van der Waals surface area contributed by atoms with E-state index in [0.29, 0.717) is 26.1 Å². The highest BCUT2D eigenvalue weighted by Gasteiger charge is 2.24. The van der Waals surface area contributed by atoms with Crippen molar-refractivity contribution in [3.63, 3.8) is 0 Å². The van der Waals surface area contributed by atoms with Crippen molar-refractivity contribution in [2.75, 3.05) is 13.2 Å². The number of pyridine rings is 2. The molecule has 4 aromatic rings. The van der Waals surface area contributed by atoms with E-state index in [4.69, 9.17) is 22.6 Å². The van der Waals surface area contributed by atoms with Gasteiger partial charge in [-0.05, 0) is 86.8 Å². The van der Waals surface area contributed by atoms with Crippen LogP contribution >= 0.6 is 0 Å². The Morgan fingerprint density at radius 3 is 0.904 bits per heavy atom. The van der Waals surface area contributed by atoms with E-state index in [1.54, 1.807) is 62.4 Å². The quantitative estimate of drug-likeness (QED) is 0.0188. The van der Waals surface area contributed by atoms with Gasteiger partial charge in [-0.3, -0.25) is 18.7 Å². The van der Waals surface area contributed by atoms with Gasteiger partial charge in [0.1, 0.15) is 22.7 Å². The third-order valence-electron chi connectivity index (χ3n) is 21.1. The van der Waals surface area contributed by atoms with Crippen LogP contribution in [0.5, 0.6) is 11.8 Å². The molecular weight excluding hydrogens is 1300 g/mol. The SMILES string of the molecule is [C-]#[N+]c1c(C)c(N=Nc2ccccc2C(=O)OCCCCCCCCC(CCCCCCCCC)C(CCCCCCCCC)CCCCCCCCOC(=O)c2ccccc2N=Nc2c(C)c([N+]#[C-])c(O)n(CCCCCCCCCCCC)c2=O)c(=O)n(CCCCCCCCCCCC)c1O. The van der Waals surface area contributed by atoms with E-state index in [2.05, 4.69) is 57.8 Å². The van der Waals surface area contributed by atoms with Crippen molar-refractivity contribution in [1.29, 1.82) is 0 Å². The number of nitrogens with zero attached hydrogens (tertiary/aromatic N) is 8. The van der Waals surface area contributed by atoms with E-state index >= 15 is 0 Å². The lowest BCUT2D eigenvalue weighted by Gasteiger charge is -2.28. The van der Waals surface area contributed by atoms with Crippen LogP contribution < -0.4 is 11.1 Å². The molecule has 0 spiro atoms. The number of aromatic hydroxyl groups is 2. The van der Waals surface area contributed by atoms with Crippen LogP contribution in [0.15, 0.2) is 78.6 Å². The summed E-state index contributed by atoms with van der Waals surface area (Å²) in [4.78, 5) is 61.6. The maximum absolute atomic E-state index is 13.8. The van der Waals surface area contributed by atoms with Gasteiger partial charge < -0.3 is 19.7 Å². The number of azo groups is 2. The molecule has 0 aliphatic carbocycles. The van der Waals surface area contributed by atoms with Crippen LogP contribution in [0.2, 0.25) is 0 Å². The number of hydrogen-bond donors (Lipinski definition) is 2. The van der Waals surface area contributed by atoms with Gasteiger partial charge in [-0.15, -0.1) is 20.5 Å². The lowest BCUT2D eigenvalue weighted by atomic mass is 9.78. The van der Waals surface area contributed by atoms with Gasteiger partial charge in [0.25, 0.3) is 11.1 Å². The molecule has 104 heavy (non-hydrogen) atoms. The van der Waals surface area contributed by atoms with Crippen molar-refractivity contribution in [1.82, 2.24) is 9.13 Å². The van der Waals surface area contributed by atoms with Crippen molar-refractivity contribution in [2.24, 2.45) is 32.3 Å². The molecular formula is C88H138N8O8. The monoisotopic (exact) mass is 1440 g/mol. The van der Waals surface area contributed by atoms with Crippen LogP contribution in [0.1, 0.15) is 381 Å². The Bertz CT molecular complexity index is 3070. The maximum Gasteiger partial charge on any atom is 0.340 e. The van der Waals surface area contributed by atoms with Gasteiger partial charge in [-0.25, -0.2) is 19.3 Å². The lowest BCUT2D eigenvalue weighted by molar-refractivity contribution is 0.0489. The fourth-order valence-corrected chi connectivity index (χ4v) is 14.6. The summed E-state index contributed by atoms with van der Waals surface area (Å²) in [5.74, 6) is -0.175. The van der Waals surface area contributed by atoms with Crippen molar-refractivity contribution < 1.29 is 29.3 Å². The van der Waals surface area contributed by atoms with Crippen molar-refractivity contribution in [3.05, 3.63) is 114 Å². The summed E-state index contributed by atoms with van der Waals surface area (Å²) >= 11 is 0. The average Bonchev–Trinajstić information content (AvgIpc) is 0.792. The Hall–Kier alpha value is -6.94. The second-order valence-corrected chi connectivity index (χ2v) is 29.7. The van der Waals surface area contributed by atoms with Crippen molar-refractivity contribution in [2.45, 2.75) is 376 Å². The molecule has 4 rings (SSSR count). The van der Waals surface area contributed by atoms with Crippen molar-refractivity contribution >= 4 is 46.1 Å². The van der Waals surface area contributed by atoms with E-state index in [-0.39, 0.29) is 81.2 Å². The lowest BCUT2D eigenvalue weighted by Crippen LogP contribution is -2.20. The smallest absolute Gasteiger partial charge is 0.340 e. The van der Waals surface area contributed by atoms with Crippen LogP contribution in [-0.4, -0.2) is 44.5 Å². The summed E-state index contributed by atoms with van der Waals surface area (Å²) in [6, 6.07) is 13.6. The molecule has 2 atom stereocenters. The molecule has 0 saturated heterocycles. The van der Waals surface area contributed by atoms with Gasteiger partial charge in [0.2, 0.25) is 11.4 Å². The van der Waals surface area contributed by atoms with Gasteiger partial charge in [0.15, 0.2) is 11.8 Å². The highest BCUT2D eigenvalue weighted by molar-refractivity contribution is 5.95. The molecule has 2 N–H and O–H groups in total. The van der Waals surface area contributed by atoms with E-state index < -0.39 is 23.1 Å². The fourth-order valence-electron chi connectivity index (χ4n) is 14.6. The molecule has 0 fully saturated rings. The van der Waals surface area contributed by atoms with E-state index in [9.17, 15) is 29.4 Å². The first-order valence-corrected chi connectivity index (χ1v) is 41.9. The van der Waals surface area contributed by atoms with Crippen LogP contribution in [0.3, 0.4) is 0 Å².